The number of carbonyl (C=O) groups excluding carboxylic acids is 2. The Hall–Kier alpha value is -1.47. The van der Waals surface area contributed by atoms with Crippen LogP contribution in [0.3, 0.4) is 0 Å². The largest absolute Gasteiger partial charge is 0.462 e. The summed E-state index contributed by atoms with van der Waals surface area (Å²) in [7, 11) is 0. The van der Waals surface area contributed by atoms with Crippen LogP contribution in [-0.4, -0.2) is 37.5 Å². The number of carbonyl (C=O) groups is 2. The Labute approximate surface area is 139 Å². The van der Waals surface area contributed by atoms with Gasteiger partial charge < -0.3 is 14.8 Å². The first-order valence-electron chi connectivity index (χ1n) is 8.17. The molecule has 3 fully saturated rings. The third-order valence-electron chi connectivity index (χ3n) is 5.53. The summed E-state index contributed by atoms with van der Waals surface area (Å²) in [5.41, 5.74) is 0.298. The van der Waals surface area contributed by atoms with Crippen LogP contribution in [0.5, 0.6) is 0 Å². The fourth-order valence-electron chi connectivity index (χ4n) is 3.95. The average Bonchev–Trinajstić information content (AvgIpc) is 2.46. The Balaban J connectivity index is 1.65. The predicted molar refractivity (Wildman–Crippen MR) is 79.1 cm³/mol. The van der Waals surface area contributed by atoms with Crippen molar-refractivity contribution in [3.05, 3.63) is 0 Å². The highest BCUT2D eigenvalue weighted by atomic mass is 19.4. The van der Waals surface area contributed by atoms with E-state index in [4.69, 9.17) is 4.74 Å². The maximum absolute atomic E-state index is 11.9. The van der Waals surface area contributed by atoms with E-state index in [0.717, 1.165) is 6.42 Å². The molecule has 0 spiro atoms. The van der Waals surface area contributed by atoms with Gasteiger partial charge in [-0.1, -0.05) is 20.8 Å². The number of hydrogen-bond acceptors (Lipinski definition) is 4. The Kier molecular flexibility index (Phi) is 5.34. The van der Waals surface area contributed by atoms with E-state index >= 15 is 0 Å². The number of amides is 1. The van der Waals surface area contributed by atoms with Gasteiger partial charge in [-0.2, -0.15) is 13.2 Å². The van der Waals surface area contributed by atoms with Crippen molar-refractivity contribution in [3.63, 3.8) is 0 Å². The third-order valence-corrected chi connectivity index (χ3v) is 5.53. The normalized spacial score (nSPS) is 30.9. The van der Waals surface area contributed by atoms with Crippen LogP contribution in [0.15, 0.2) is 0 Å². The second-order valence-corrected chi connectivity index (χ2v) is 7.35. The summed E-state index contributed by atoms with van der Waals surface area (Å²) in [4.78, 5) is 22.9. The van der Waals surface area contributed by atoms with Crippen LogP contribution in [0.25, 0.3) is 0 Å². The highest BCUT2D eigenvalue weighted by molar-refractivity contribution is 5.72. The number of fused-ring (bicyclic) bond motifs is 2. The summed E-state index contributed by atoms with van der Waals surface area (Å²) < 4.78 is 45.1. The van der Waals surface area contributed by atoms with Gasteiger partial charge in [-0.3, -0.25) is 4.79 Å². The van der Waals surface area contributed by atoms with Crippen molar-refractivity contribution in [2.24, 2.45) is 23.2 Å². The number of ether oxygens (including phenoxy) is 2. The molecule has 5 nitrogen and oxygen atoms in total. The molecule has 8 heteroatoms. The number of esters is 1. The van der Waals surface area contributed by atoms with Crippen LogP contribution in [0.1, 0.15) is 40.0 Å². The van der Waals surface area contributed by atoms with Gasteiger partial charge in [0.25, 0.3) is 0 Å². The van der Waals surface area contributed by atoms with Gasteiger partial charge >= 0.3 is 18.2 Å². The second-order valence-electron chi connectivity index (χ2n) is 7.35. The van der Waals surface area contributed by atoms with Gasteiger partial charge in [0.2, 0.25) is 0 Å². The zero-order valence-corrected chi connectivity index (χ0v) is 14.1. The first-order chi connectivity index (χ1) is 11.0. The van der Waals surface area contributed by atoms with Crippen LogP contribution in [0, 0.1) is 23.2 Å². The predicted octanol–water partition coefficient (Wildman–Crippen LogP) is 3.28. The Morgan fingerprint density at radius 1 is 1.25 bits per heavy atom. The lowest BCUT2D eigenvalue weighted by Crippen LogP contribution is -2.57. The molecule has 3 rings (SSSR count). The van der Waals surface area contributed by atoms with Crippen molar-refractivity contribution in [1.29, 1.82) is 0 Å². The third kappa shape index (κ3) is 4.33. The van der Waals surface area contributed by atoms with Crippen molar-refractivity contribution in [2.75, 3.05) is 13.2 Å². The maximum atomic E-state index is 11.9. The minimum Gasteiger partial charge on any atom is -0.462 e. The van der Waals surface area contributed by atoms with Gasteiger partial charge in [0, 0.05) is 6.54 Å². The molecule has 0 radical (unpaired) electrons. The minimum atomic E-state index is -4.57. The summed E-state index contributed by atoms with van der Waals surface area (Å²) in [5, 5.41) is 2.10. The number of nitrogens with one attached hydrogen (secondary N) is 1. The van der Waals surface area contributed by atoms with Gasteiger partial charge in [-0.15, -0.1) is 0 Å². The standard InChI is InChI=1S/C16H24F3NO4/c1-9-11-6-10(15(11,2)3)7-12(9)24-13(21)4-5-20-14(22)23-8-16(17,18)19/h9-12H,4-8H2,1-3H3,(H,20,22)/t9-,10+,11+,12+/m0/s1. The molecular formula is C16H24F3NO4. The fraction of sp³-hybridized carbons (Fsp3) is 0.875. The molecule has 138 valence electrons. The molecule has 3 aliphatic carbocycles. The average molecular weight is 351 g/mol. The van der Waals surface area contributed by atoms with E-state index in [0.29, 0.717) is 23.2 Å². The molecule has 0 aromatic heterocycles. The Morgan fingerprint density at radius 2 is 1.92 bits per heavy atom. The molecule has 0 unspecified atom stereocenters. The van der Waals surface area contributed by atoms with Gasteiger partial charge in [0.15, 0.2) is 6.61 Å². The molecule has 3 aliphatic rings. The zero-order valence-electron chi connectivity index (χ0n) is 14.1. The molecule has 1 N–H and O–H groups in total. The molecule has 4 atom stereocenters. The molecule has 3 saturated carbocycles. The van der Waals surface area contributed by atoms with Crippen molar-refractivity contribution in [1.82, 2.24) is 5.32 Å². The molecule has 24 heavy (non-hydrogen) atoms. The Morgan fingerprint density at radius 3 is 2.46 bits per heavy atom. The summed E-state index contributed by atoms with van der Waals surface area (Å²) >= 11 is 0. The first-order valence-corrected chi connectivity index (χ1v) is 8.17. The van der Waals surface area contributed by atoms with Crippen LogP contribution in [0.2, 0.25) is 0 Å². The molecule has 2 bridgehead atoms. The van der Waals surface area contributed by atoms with E-state index in [-0.39, 0.29) is 19.1 Å². The number of rotatable bonds is 5. The highest BCUT2D eigenvalue weighted by Crippen LogP contribution is 2.61. The van der Waals surface area contributed by atoms with Gasteiger partial charge in [-0.05, 0) is 36.0 Å². The Bertz CT molecular complexity index is 492. The van der Waals surface area contributed by atoms with Crippen LogP contribution >= 0.6 is 0 Å². The van der Waals surface area contributed by atoms with E-state index < -0.39 is 24.8 Å². The number of hydrogen-bond donors (Lipinski definition) is 1. The number of halogens is 3. The van der Waals surface area contributed by atoms with Gasteiger partial charge in [0.05, 0.1) is 6.42 Å². The summed E-state index contributed by atoms with van der Waals surface area (Å²) in [6, 6.07) is 0. The van der Waals surface area contributed by atoms with E-state index in [1.807, 2.05) is 0 Å². The lowest BCUT2D eigenvalue weighted by molar-refractivity contribution is -0.186. The lowest BCUT2D eigenvalue weighted by Gasteiger charge is -2.61. The van der Waals surface area contributed by atoms with Crippen molar-refractivity contribution in [2.45, 2.75) is 52.3 Å². The summed E-state index contributed by atoms with van der Waals surface area (Å²) in [6.45, 7) is 4.82. The van der Waals surface area contributed by atoms with Crippen molar-refractivity contribution >= 4 is 12.1 Å². The van der Waals surface area contributed by atoms with Crippen molar-refractivity contribution < 1.29 is 32.2 Å². The molecule has 0 saturated heterocycles. The SMILES string of the molecule is C[C@H]1[C@H]2C[C@H](C[C@H]1OC(=O)CCNC(=O)OCC(F)(F)F)C2(C)C. The van der Waals surface area contributed by atoms with Gasteiger partial charge in [0.1, 0.15) is 6.10 Å². The molecular weight excluding hydrogens is 327 g/mol. The summed E-state index contributed by atoms with van der Waals surface area (Å²) in [6.07, 6.45) is -3.96. The lowest BCUT2D eigenvalue weighted by atomic mass is 9.45. The highest BCUT2D eigenvalue weighted by Gasteiger charge is 2.57. The quantitative estimate of drug-likeness (QED) is 0.772. The monoisotopic (exact) mass is 351 g/mol. The number of alkyl halides is 3. The number of alkyl carbamates (subject to hydrolysis) is 1. The van der Waals surface area contributed by atoms with E-state index in [2.05, 4.69) is 30.8 Å². The smallest absolute Gasteiger partial charge is 0.422 e. The second kappa shape index (κ2) is 6.80. The molecule has 0 aromatic carbocycles. The minimum absolute atomic E-state index is 0.0942. The van der Waals surface area contributed by atoms with E-state index in [1.165, 1.54) is 6.42 Å². The van der Waals surface area contributed by atoms with Crippen LogP contribution in [0.4, 0.5) is 18.0 Å². The maximum Gasteiger partial charge on any atom is 0.422 e. The zero-order chi connectivity index (χ0) is 18.1. The van der Waals surface area contributed by atoms with Crippen LogP contribution < -0.4 is 5.32 Å². The molecule has 0 heterocycles. The van der Waals surface area contributed by atoms with Crippen molar-refractivity contribution in [3.8, 4) is 0 Å². The molecule has 0 aromatic rings. The summed E-state index contributed by atoms with van der Waals surface area (Å²) in [5.74, 6) is 0.942. The topological polar surface area (TPSA) is 64.6 Å². The van der Waals surface area contributed by atoms with E-state index in [1.54, 1.807) is 0 Å². The molecule has 0 aliphatic heterocycles. The fourth-order valence-corrected chi connectivity index (χ4v) is 3.95. The first kappa shape index (κ1) is 18.9. The van der Waals surface area contributed by atoms with Gasteiger partial charge in [-0.25, -0.2) is 4.79 Å². The molecule has 1 amide bonds. The van der Waals surface area contributed by atoms with Crippen LogP contribution in [-0.2, 0) is 14.3 Å². The van der Waals surface area contributed by atoms with E-state index in [9.17, 15) is 22.8 Å².